The van der Waals surface area contributed by atoms with Crippen LogP contribution in [-0.2, 0) is 9.53 Å². The molecule has 0 spiro atoms. The molecule has 0 saturated heterocycles. The van der Waals surface area contributed by atoms with Gasteiger partial charge in [-0.3, -0.25) is 0 Å². The fraction of sp³-hybridized carbons (Fsp3) is 0.429. The second kappa shape index (κ2) is 9.18. The highest BCUT2D eigenvalue weighted by Gasteiger charge is 2.19. The summed E-state index contributed by atoms with van der Waals surface area (Å²) in [6.45, 7) is 5.32. The molecule has 0 amide bonds. The zero-order chi connectivity index (χ0) is 15.7. The van der Waals surface area contributed by atoms with E-state index in [4.69, 9.17) is 22.0 Å². The van der Waals surface area contributed by atoms with Crippen molar-refractivity contribution in [3.05, 3.63) is 28.3 Å². The predicted molar refractivity (Wildman–Crippen MR) is 78.8 cm³/mol. The number of methoxy groups -OCH3 is 1. The Hall–Kier alpha value is -1.77. The van der Waals surface area contributed by atoms with Gasteiger partial charge in [-0.25, -0.2) is 4.79 Å². The molecule has 0 fully saturated rings. The first-order valence-corrected chi connectivity index (χ1v) is 6.57. The number of rotatable bonds is 4. The van der Waals surface area contributed by atoms with Gasteiger partial charge in [0.2, 0.25) is 0 Å². The Morgan fingerprint density at radius 1 is 1.55 bits per heavy atom. The molecule has 20 heavy (non-hydrogen) atoms. The lowest BCUT2D eigenvalue weighted by Gasteiger charge is -2.17. The molecule has 0 radical (unpaired) electrons. The number of hydrogen-bond donors (Lipinski definition) is 2. The van der Waals surface area contributed by atoms with Crippen LogP contribution in [0.25, 0.3) is 0 Å². The Morgan fingerprint density at radius 2 is 2.15 bits per heavy atom. The third kappa shape index (κ3) is 4.41. The Labute approximate surface area is 124 Å². The summed E-state index contributed by atoms with van der Waals surface area (Å²) >= 11 is 6.00. The van der Waals surface area contributed by atoms with Gasteiger partial charge in [0, 0.05) is 5.69 Å². The third-order valence-electron chi connectivity index (χ3n) is 2.50. The number of aliphatic hydroxyl groups is 1. The van der Waals surface area contributed by atoms with Crippen LogP contribution >= 0.6 is 11.6 Å². The van der Waals surface area contributed by atoms with Gasteiger partial charge < -0.3 is 15.2 Å². The Bertz CT molecular complexity index is 498. The monoisotopic (exact) mass is 298 g/mol. The lowest BCUT2D eigenvalue weighted by Crippen LogP contribution is -2.34. The van der Waals surface area contributed by atoms with E-state index >= 15 is 0 Å². The average Bonchev–Trinajstić information content (AvgIpc) is 2.50. The van der Waals surface area contributed by atoms with Gasteiger partial charge in [-0.2, -0.15) is 5.26 Å². The van der Waals surface area contributed by atoms with Crippen molar-refractivity contribution in [3.8, 4) is 6.07 Å². The maximum atomic E-state index is 11.3. The predicted octanol–water partition coefficient (Wildman–Crippen LogP) is 2.49. The summed E-state index contributed by atoms with van der Waals surface area (Å²) in [5.74, 6) is -0.572. The van der Waals surface area contributed by atoms with Crippen molar-refractivity contribution >= 4 is 23.3 Å². The first-order valence-electron chi connectivity index (χ1n) is 6.19. The van der Waals surface area contributed by atoms with Crippen molar-refractivity contribution in [2.45, 2.75) is 26.8 Å². The summed E-state index contributed by atoms with van der Waals surface area (Å²) in [5, 5.41) is 21.1. The van der Waals surface area contributed by atoms with Crippen LogP contribution < -0.4 is 5.32 Å². The van der Waals surface area contributed by atoms with Gasteiger partial charge in [0.25, 0.3) is 0 Å². The second-order valence-electron chi connectivity index (χ2n) is 3.61. The van der Waals surface area contributed by atoms with Crippen molar-refractivity contribution in [3.63, 3.8) is 0 Å². The summed E-state index contributed by atoms with van der Waals surface area (Å²) < 4.78 is 4.54. The SMILES string of the molecule is CC.COC(=O)C(CO)Nc1ccc(C#N)c(Cl)c1C. The zero-order valence-corrected chi connectivity index (χ0v) is 12.8. The van der Waals surface area contributed by atoms with E-state index in [2.05, 4.69) is 10.1 Å². The van der Waals surface area contributed by atoms with Gasteiger partial charge in [0.1, 0.15) is 12.1 Å². The number of nitriles is 1. The van der Waals surface area contributed by atoms with Crippen molar-refractivity contribution < 1.29 is 14.6 Å². The second-order valence-corrected chi connectivity index (χ2v) is 3.99. The topological polar surface area (TPSA) is 82.3 Å². The van der Waals surface area contributed by atoms with Crippen LogP contribution in [0.1, 0.15) is 25.0 Å². The molecule has 0 saturated carbocycles. The standard InChI is InChI=1S/C12H13ClN2O3.C2H6/c1-7-9(4-3-8(5-14)11(7)13)15-10(6-16)12(17)18-2;1-2/h3-4,10,15-16H,6H2,1-2H3;1-2H3. The Balaban J connectivity index is 0.00000172. The number of ether oxygens (including phenoxy) is 1. The lowest BCUT2D eigenvalue weighted by atomic mass is 10.1. The largest absolute Gasteiger partial charge is 0.467 e. The molecule has 0 aliphatic carbocycles. The molecule has 110 valence electrons. The molecule has 6 heteroatoms. The van der Waals surface area contributed by atoms with Crippen molar-refractivity contribution in [1.29, 1.82) is 5.26 Å². The fourth-order valence-corrected chi connectivity index (χ4v) is 1.64. The van der Waals surface area contributed by atoms with Crippen LogP contribution in [0.2, 0.25) is 5.02 Å². The number of benzene rings is 1. The highest BCUT2D eigenvalue weighted by molar-refractivity contribution is 6.32. The van der Waals surface area contributed by atoms with Crippen LogP contribution in [0.15, 0.2) is 12.1 Å². The minimum absolute atomic E-state index is 0.323. The maximum Gasteiger partial charge on any atom is 0.330 e. The number of anilines is 1. The van der Waals surface area contributed by atoms with Gasteiger partial charge in [0.15, 0.2) is 0 Å². The van der Waals surface area contributed by atoms with Crippen LogP contribution in [0.3, 0.4) is 0 Å². The molecular formula is C14H19ClN2O3. The number of carbonyl (C=O) groups is 1. The summed E-state index contributed by atoms with van der Waals surface area (Å²) in [6.07, 6.45) is 0. The van der Waals surface area contributed by atoms with Crippen LogP contribution in [-0.4, -0.2) is 30.8 Å². The molecule has 1 aromatic carbocycles. The number of nitrogens with zero attached hydrogens (tertiary/aromatic N) is 1. The number of nitrogens with one attached hydrogen (secondary N) is 1. The van der Waals surface area contributed by atoms with Gasteiger partial charge in [-0.05, 0) is 24.6 Å². The molecule has 5 nitrogen and oxygen atoms in total. The molecule has 0 heterocycles. The molecule has 0 aliphatic heterocycles. The maximum absolute atomic E-state index is 11.3. The molecule has 1 aromatic rings. The van der Waals surface area contributed by atoms with Gasteiger partial charge in [0.05, 0.1) is 24.3 Å². The molecule has 0 aromatic heterocycles. The highest BCUT2D eigenvalue weighted by atomic mass is 35.5. The highest BCUT2D eigenvalue weighted by Crippen LogP contribution is 2.27. The summed E-state index contributed by atoms with van der Waals surface area (Å²) in [6, 6.07) is 4.28. The molecule has 0 bridgehead atoms. The van der Waals surface area contributed by atoms with E-state index in [1.165, 1.54) is 7.11 Å². The number of halogens is 1. The van der Waals surface area contributed by atoms with Crippen molar-refractivity contribution in [2.24, 2.45) is 0 Å². The van der Waals surface area contributed by atoms with Gasteiger partial charge in [-0.1, -0.05) is 25.4 Å². The number of aliphatic hydroxyl groups excluding tert-OH is 1. The number of hydrogen-bond acceptors (Lipinski definition) is 5. The van der Waals surface area contributed by atoms with Gasteiger partial charge in [-0.15, -0.1) is 0 Å². The first kappa shape index (κ1) is 18.2. The van der Waals surface area contributed by atoms with E-state index < -0.39 is 18.6 Å². The molecule has 0 aliphatic rings. The van der Waals surface area contributed by atoms with E-state index in [1.54, 1.807) is 19.1 Å². The normalized spacial score (nSPS) is 10.7. The lowest BCUT2D eigenvalue weighted by molar-refractivity contribution is -0.142. The Morgan fingerprint density at radius 3 is 2.60 bits per heavy atom. The van der Waals surface area contributed by atoms with Crippen LogP contribution in [0.5, 0.6) is 0 Å². The number of esters is 1. The average molecular weight is 299 g/mol. The smallest absolute Gasteiger partial charge is 0.330 e. The molecule has 2 N–H and O–H groups in total. The van der Waals surface area contributed by atoms with E-state index in [1.807, 2.05) is 19.9 Å². The molecule has 1 rings (SSSR count). The van der Waals surface area contributed by atoms with E-state index in [0.29, 0.717) is 21.8 Å². The van der Waals surface area contributed by atoms with E-state index in [9.17, 15) is 4.79 Å². The Kier molecular flexibility index (Phi) is 8.37. The van der Waals surface area contributed by atoms with Gasteiger partial charge >= 0.3 is 5.97 Å². The zero-order valence-electron chi connectivity index (χ0n) is 12.0. The minimum Gasteiger partial charge on any atom is -0.467 e. The summed E-state index contributed by atoms with van der Waals surface area (Å²) in [4.78, 5) is 11.3. The quantitative estimate of drug-likeness (QED) is 0.835. The summed E-state index contributed by atoms with van der Waals surface area (Å²) in [5.41, 5.74) is 1.57. The van der Waals surface area contributed by atoms with E-state index in [0.717, 1.165) is 0 Å². The molecule has 1 unspecified atom stereocenters. The van der Waals surface area contributed by atoms with Crippen LogP contribution in [0.4, 0.5) is 5.69 Å². The van der Waals surface area contributed by atoms with Crippen LogP contribution in [0, 0.1) is 18.3 Å². The minimum atomic E-state index is -0.863. The third-order valence-corrected chi connectivity index (χ3v) is 2.99. The van der Waals surface area contributed by atoms with Crippen molar-refractivity contribution in [1.82, 2.24) is 0 Å². The summed E-state index contributed by atoms with van der Waals surface area (Å²) in [7, 11) is 1.24. The number of carbonyl (C=O) groups excluding carboxylic acids is 1. The molecular weight excluding hydrogens is 280 g/mol. The molecule has 1 atom stereocenters. The van der Waals surface area contributed by atoms with E-state index in [-0.39, 0.29) is 0 Å². The van der Waals surface area contributed by atoms with Crippen molar-refractivity contribution in [2.75, 3.05) is 19.0 Å². The first-order chi connectivity index (χ1) is 9.54. The fourth-order valence-electron chi connectivity index (χ4n) is 1.44.